The van der Waals surface area contributed by atoms with Crippen molar-refractivity contribution in [2.24, 2.45) is 0 Å². The fraction of sp³-hybridized carbons (Fsp3) is 0.0800. The molecule has 1 saturated heterocycles. The van der Waals surface area contributed by atoms with Gasteiger partial charge in [-0.3, -0.25) is 14.9 Å². The molecule has 178 valence electrons. The third-order valence-electron chi connectivity index (χ3n) is 5.05. The molecule has 1 heterocycles. The predicted octanol–water partition coefficient (Wildman–Crippen LogP) is 4.98. The van der Waals surface area contributed by atoms with Crippen LogP contribution in [0.25, 0.3) is 6.08 Å². The van der Waals surface area contributed by atoms with Crippen molar-refractivity contribution < 1.29 is 32.6 Å². The zero-order chi connectivity index (χ0) is 25.1. The molecule has 1 aliphatic rings. The van der Waals surface area contributed by atoms with Crippen LogP contribution >= 0.6 is 15.9 Å². The molecule has 35 heavy (non-hydrogen) atoms. The van der Waals surface area contributed by atoms with Crippen molar-refractivity contribution in [3.63, 3.8) is 0 Å². The number of benzene rings is 3. The van der Waals surface area contributed by atoms with E-state index in [1.165, 1.54) is 49.6 Å². The summed E-state index contributed by atoms with van der Waals surface area (Å²) in [5.74, 6) is -2.41. The zero-order valence-electron chi connectivity index (χ0n) is 18.2. The van der Waals surface area contributed by atoms with Crippen LogP contribution < -0.4 is 19.7 Å². The molecule has 0 bridgehead atoms. The van der Waals surface area contributed by atoms with Crippen molar-refractivity contribution in [3.05, 3.63) is 93.5 Å². The van der Waals surface area contributed by atoms with Gasteiger partial charge in [-0.1, -0.05) is 24.3 Å². The lowest BCUT2D eigenvalue weighted by Crippen LogP contribution is -2.54. The highest BCUT2D eigenvalue weighted by atomic mass is 79.9. The molecule has 3 aromatic carbocycles. The lowest BCUT2D eigenvalue weighted by Gasteiger charge is -2.26. The summed E-state index contributed by atoms with van der Waals surface area (Å²) >= 11 is 3.39. The normalized spacial score (nSPS) is 14.8. The van der Waals surface area contributed by atoms with E-state index in [4.69, 9.17) is 9.47 Å². The number of methoxy groups -OCH3 is 1. The maximum absolute atomic E-state index is 14.2. The Bertz CT molecular complexity index is 1360. The standard InChI is InChI=1S/C25H17BrF2N2O5/c1-34-21-12-15(11-18(26)22(21)35-13-14-6-8-16(27)9-7-14)10-17-23(31)29-25(33)30(24(17)32)20-5-3-2-4-19(20)28/h2-12H,13H2,1H3,(H,29,31,33)/b17-10-. The molecular weight excluding hydrogens is 526 g/mol. The molecule has 1 N–H and O–H groups in total. The van der Waals surface area contributed by atoms with Crippen LogP contribution in [0.1, 0.15) is 11.1 Å². The number of ether oxygens (including phenoxy) is 2. The van der Waals surface area contributed by atoms with Gasteiger partial charge in [-0.05, 0) is 69.5 Å². The second kappa shape index (κ2) is 10.1. The van der Waals surface area contributed by atoms with E-state index in [-0.39, 0.29) is 23.7 Å². The number of anilines is 1. The van der Waals surface area contributed by atoms with E-state index in [1.54, 1.807) is 18.2 Å². The largest absolute Gasteiger partial charge is 0.493 e. The summed E-state index contributed by atoms with van der Waals surface area (Å²) in [4.78, 5) is 38.3. The monoisotopic (exact) mass is 542 g/mol. The fourth-order valence-electron chi connectivity index (χ4n) is 3.38. The van der Waals surface area contributed by atoms with Gasteiger partial charge in [0.15, 0.2) is 11.5 Å². The summed E-state index contributed by atoms with van der Waals surface area (Å²) < 4.78 is 39.0. The van der Waals surface area contributed by atoms with E-state index in [2.05, 4.69) is 21.2 Å². The molecule has 0 unspecified atom stereocenters. The summed E-state index contributed by atoms with van der Waals surface area (Å²) in [7, 11) is 1.42. The average Bonchev–Trinajstić information content (AvgIpc) is 2.83. The van der Waals surface area contributed by atoms with E-state index in [1.807, 2.05) is 0 Å². The van der Waals surface area contributed by atoms with Crippen molar-refractivity contribution in [2.75, 3.05) is 12.0 Å². The summed E-state index contributed by atoms with van der Waals surface area (Å²) in [6.07, 6.45) is 1.26. The van der Waals surface area contributed by atoms with Gasteiger partial charge in [0.2, 0.25) is 0 Å². The van der Waals surface area contributed by atoms with Crippen LogP contribution in [-0.4, -0.2) is 25.0 Å². The number of para-hydroxylation sites is 1. The average molecular weight is 543 g/mol. The predicted molar refractivity (Wildman–Crippen MR) is 127 cm³/mol. The number of carbonyl (C=O) groups excluding carboxylic acids is 3. The molecule has 3 aromatic rings. The van der Waals surface area contributed by atoms with E-state index >= 15 is 0 Å². The second-order valence-corrected chi connectivity index (χ2v) is 8.21. The van der Waals surface area contributed by atoms with E-state index in [0.29, 0.717) is 26.4 Å². The molecule has 1 fully saturated rings. The van der Waals surface area contributed by atoms with Crippen LogP contribution in [0.15, 0.2) is 70.7 Å². The van der Waals surface area contributed by atoms with Gasteiger partial charge in [-0.2, -0.15) is 0 Å². The maximum atomic E-state index is 14.2. The Morgan fingerprint density at radius 1 is 1.03 bits per heavy atom. The summed E-state index contributed by atoms with van der Waals surface area (Å²) in [5, 5.41) is 2.05. The lowest BCUT2D eigenvalue weighted by molar-refractivity contribution is -0.122. The molecular formula is C25H17BrF2N2O5. The first-order chi connectivity index (χ1) is 16.8. The molecule has 0 saturated carbocycles. The highest BCUT2D eigenvalue weighted by Crippen LogP contribution is 2.38. The van der Waals surface area contributed by atoms with Gasteiger partial charge in [0, 0.05) is 0 Å². The van der Waals surface area contributed by atoms with Crippen molar-refractivity contribution >= 4 is 45.5 Å². The molecule has 4 amide bonds. The fourth-order valence-corrected chi connectivity index (χ4v) is 3.95. The van der Waals surface area contributed by atoms with Gasteiger partial charge in [-0.15, -0.1) is 0 Å². The highest BCUT2D eigenvalue weighted by Gasteiger charge is 2.38. The van der Waals surface area contributed by atoms with Crippen molar-refractivity contribution in [1.29, 1.82) is 0 Å². The molecule has 0 aromatic heterocycles. The first kappa shape index (κ1) is 24.1. The number of hydrogen-bond acceptors (Lipinski definition) is 5. The van der Waals surface area contributed by atoms with Gasteiger partial charge in [-0.25, -0.2) is 18.5 Å². The molecule has 1 aliphatic heterocycles. The number of hydrogen-bond donors (Lipinski definition) is 1. The summed E-state index contributed by atoms with van der Waals surface area (Å²) in [5.41, 5.74) is 0.455. The van der Waals surface area contributed by atoms with E-state index < -0.39 is 23.7 Å². The zero-order valence-corrected chi connectivity index (χ0v) is 19.8. The molecule has 0 atom stereocenters. The number of nitrogens with one attached hydrogen (secondary N) is 1. The van der Waals surface area contributed by atoms with Crippen molar-refractivity contribution in [1.82, 2.24) is 5.32 Å². The third kappa shape index (κ3) is 5.07. The molecule has 7 nitrogen and oxygen atoms in total. The number of urea groups is 1. The topological polar surface area (TPSA) is 84.9 Å². The molecule has 0 radical (unpaired) electrons. The van der Waals surface area contributed by atoms with Gasteiger partial charge < -0.3 is 9.47 Å². The van der Waals surface area contributed by atoms with E-state index in [0.717, 1.165) is 11.6 Å². The Kier molecular flexibility index (Phi) is 6.92. The number of rotatable bonds is 6. The minimum absolute atomic E-state index is 0.135. The first-order valence-corrected chi connectivity index (χ1v) is 11.0. The first-order valence-electron chi connectivity index (χ1n) is 10.2. The van der Waals surface area contributed by atoms with Crippen LogP contribution in [0.2, 0.25) is 0 Å². The SMILES string of the molecule is COc1cc(/C=C2/C(=O)NC(=O)N(c3ccccc3F)C2=O)cc(Br)c1OCc1ccc(F)cc1. The van der Waals surface area contributed by atoms with Crippen LogP contribution in [0, 0.1) is 11.6 Å². The second-order valence-electron chi connectivity index (χ2n) is 7.36. The minimum atomic E-state index is -1.05. The molecule has 10 heteroatoms. The maximum Gasteiger partial charge on any atom is 0.336 e. The van der Waals surface area contributed by atoms with Crippen LogP contribution in [0.4, 0.5) is 19.3 Å². The smallest absolute Gasteiger partial charge is 0.336 e. The number of carbonyl (C=O) groups is 3. The quantitative estimate of drug-likeness (QED) is 0.350. The summed E-state index contributed by atoms with van der Waals surface area (Å²) in [6, 6.07) is 13.1. The Labute approximate surface area is 207 Å². The Morgan fingerprint density at radius 2 is 1.74 bits per heavy atom. The van der Waals surface area contributed by atoms with Gasteiger partial charge in [0.25, 0.3) is 11.8 Å². The lowest BCUT2D eigenvalue weighted by atomic mass is 10.1. The van der Waals surface area contributed by atoms with Crippen LogP contribution in [-0.2, 0) is 16.2 Å². The number of amides is 4. The van der Waals surface area contributed by atoms with Crippen LogP contribution in [0.5, 0.6) is 11.5 Å². The Balaban J connectivity index is 1.64. The summed E-state index contributed by atoms with van der Waals surface area (Å²) in [6.45, 7) is 0.135. The number of nitrogens with zero attached hydrogens (tertiary/aromatic N) is 1. The Morgan fingerprint density at radius 3 is 2.43 bits per heavy atom. The number of halogens is 3. The van der Waals surface area contributed by atoms with Gasteiger partial charge in [0.1, 0.15) is 23.8 Å². The van der Waals surface area contributed by atoms with Gasteiger partial charge >= 0.3 is 6.03 Å². The Hall–Kier alpha value is -4.05. The van der Waals surface area contributed by atoms with Crippen molar-refractivity contribution in [3.8, 4) is 11.5 Å². The highest BCUT2D eigenvalue weighted by molar-refractivity contribution is 9.10. The third-order valence-corrected chi connectivity index (χ3v) is 5.64. The minimum Gasteiger partial charge on any atom is -0.493 e. The van der Waals surface area contributed by atoms with Crippen LogP contribution in [0.3, 0.4) is 0 Å². The van der Waals surface area contributed by atoms with Gasteiger partial charge in [0.05, 0.1) is 17.3 Å². The molecule has 0 spiro atoms. The molecule has 4 rings (SSSR count). The van der Waals surface area contributed by atoms with Crippen molar-refractivity contribution in [2.45, 2.75) is 6.61 Å². The number of barbiturate groups is 1. The molecule has 0 aliphatic carbocycles. The van der Waals surface area contributed by atoms with E-state index in [9.17, 15) is 23.2 Å². The number of imide groups is 2.